The van der Waals surface area contributed by atoms with Gasteiger partial charge in [-0.1, -0.05) is 0 Å². The summed E-state index contributed by atoms with van der Waals surface area (Å²) >= 11 is 0. The van der Waals surface area contributed by atoms with Crippen molar-refractivity contribution in [3.05, 3.63) is 17.2 Å². The monoisotopic (exact) mass is 236 g/mol. The van der Waals surface area contributed by atoms with Crippen molar-refractivity contribution >= 4 is 5.78 Å². The van der Waals surface area contributed by atoms with Crippen molar-refractivity contribution in [1.29, 1.82) is 0 Å². The fraction of sp³-hybridized carbons (Fsp3) is 0.667. The van der Waals surface area contributed by atoms with E-state index in [1.165, 1.54) is 0 Å². The molecule has 5 heteroatoms. The van der Waals surface area contributed by atoms with Gasteiger partial charge in [-0.3, -0.25) is 4.79 Å². The molecule has 0 radical (unpaired) electrons. The molecule has 1 aromatic rings. The fourth-order valence-corrected chi connectivity index (χ4v) is 2.24. The van der Waals surface area contributed by atoms with E-state index in [0.29, 0.717) is 12.1 Å². The van der Waals surface area contributed by atoms with E-state index in [-0.39, 0.29) is 11.8 Å². The number of ketones is 1. The molecule has 1 aliphatic carbocycles. The third kappa shape index (κ3) is 2.40. The number of Topliss-reactive ketones (excluding diaryl/α,β-unsaturated/α-hetero) is 1. The van der Waals surface area contributed by atoms with Crippen molar-refractivity contribution in [1.82, 2.24) is 14.5 Å². The molecular formula is C12H20N4O. The molecule has 0 bridgehead atoms. The molecule has 94 valence electrons. The summed E-state index contributed by atoms with van der Waals surface area (Å²) in [5.74, 6) is 1.07. The Kier molecular flexibility index (Phi) is 3.31. The zero-order valence-corrected chi connectivity index (χ0v) is 10.7. The van der Waals surface area contributed by atoms with Gasteiger partial charge in [-0.05, 0) is 14.1 Å². The Morgan fingerprint density at radius 1 is 1.47 bits per heavy atom. The van der Waals surface area contributed by atoms with Crippen LogP contribution in [0.25, 0.3) is 0 Å². The van der Waals surface area contributed by atoms with Gasteiger partial charge in [-0.15, -0.1) is 0 Å². The number of carbonyl (C=O) groups is 1. The minimum Gasteiger partial charge on any atom is -0.334 e. The molecule has 17 heavy (non-hydrogen) atoms. The molecule has 0 saturated carbocycles. The van der Waals surface area contributed by atoms with E-state index in [2.05, 4.69) is 9.88 Å². The van der Waals surface area contributed by atoms with Crippen LogP contribution in [-0.2, 0) is 19.9 Å². The van der Waals surface area contributed by atoms with Gasteiger partial charge in [-0.25, -0.2) is 4.98 Å². The lowest BCUT2D eigenvalue weighted by Crippen LogP contribution is -2.32. The predicted molar refractivity (Wildman–Crippen MR) is 66.1 cm³/mol. The van der Waals surface area contributed by atoms with Gasteiger partial charge in [0.25, 0.3) is 0 Å². The van der Waals surface area contributed by atoms with Gasteiger partial charge in [0, 0.05) is 44.6 Å². The predicted octanol–water partition coefficient (Wildman–Crippen LogP) is -0.0196. The Bertz CT molecular complexity index is 436. The van der Waals surface area contributed by atoms with Gasteiger partial charge in [-0.2, -0.15) is 0 Å². The van der Waals surface area contributed by atoms with Crippen LogP contribution in [0.5, 0.6) is 0 Å². The van der Waals surface area contributed by atoms with Crippen LogP contribution in [0.3, 0.4) is 0 Å². The molecule has 2 rings (SSSR count). The minimum atomic E-state index is -0.0490. The van der Waals surface area contributed by atoms with Crippen molar-refractivity contribution in [2.24, 2.45) is 12.8 Å². The molecule has 0 spiro atoms. The second-order valence-corrected chi connectivity index (χ2v) is 5.03. The van der Waals surface area contributed by atoms with E-state index in [4.69, 9.17) is 5.73 Å². The summed E-state index contributed by atoms with van der Waals surface area (Å²) < 4.78 is 2.04. The van der Waals surface area contributed by atoms with Gasteiger partial charge >= 0.3 is 0 Å². The first kappa shape index (κ1) is 12.3. The smallest absolute Gasteiger partial charge is 0.184 e. The molecule has 1 aliphatic rings. The zero-order chi connectivity index (χ0) is 12.6. The van der Waals surface area contributed by atoms with Gasteiger partial charge < -0.3 is 15.2 Å². The highest BCUT2D eigenvalue weighted by Gasteiger charge is 2.28. The molecule has 0 saturated heterocycles. The van der Waals surface area contributed by atoms with Crippen LogP contribution in [0.15, 0.2) is 0 Å². The lowest BCUT2D eigenvalue weighted by molar-refractivity contribution is 0.0960. The van der Waals surface area contributed by atoms with Gasteiger partial charge in [0.2, 0.25) is 0 Å². The Morgan fingerprint density at radius 2 is 2.18 bits per heavy atom. The SMILES string of the molecule is CN(C)CCc1nc2c(n1C)CC(N)CC2=O. The Morgan fingerprint density at radius 3 is 2.82 bits per heavy atom. The summed E-state index contributed by atoms with van der Waals surface area (Å²) in [4.78, 5) is 18.4. The van der Waals surface area contributed by atoms with E-state index in [1.54, 1.807) is 0 Å². The number of nitrogens with zero attached hydrogens (tertiary/aromatic N) is 3. The number of hydrogen-bond donors (Lipinski definition) is 1. The van der Waals surface area contributed by atoms with Crippen LogP contribution in [0, 0.1) is 0 Å². The average Bonchev–Trinajstić information content (AvgIpc) is 2.54. The highest BCUT2D eigenvalue weighted by molar-refractivity contribution is 5.97. The van der Waals surface area contributed by atoms with Crippen LogP contribution in [0.2, 0.25) is 0 Å². The summed E-state index contributed by atoms with van der Waals surface area (Å²) in [6.07, 6.45) is 2.04. The summed E-state index contributed by atoms with van der Waals surface area (Å²) in [6.45, 7) is 0.935. The summed E-state index contributed by atoms with van der Waals surface area (Å²) in [5, 5.41) is 0. The van der Waals surface area contributed by atoms with Crippen molar-refractivity contribution < 1.29 is 4.79 Å². The number of nitrogens with two attached hydrogens (primary N) is 1. The topological polar surface area (TPSA) is 64.2 Å². The molecule has 0 aliphatic heterocycles. The number of imidazole rings is 1. The van der Waals surface area contributed by atoms with Gasteiger partial charge in [0.1, 0.15) is 11.5 Å². The molecule has 5 nitrogen and oxygen atoms in total. The third-order valence-electron chi connectivity index (χ3n) is 3.26. The average molecular weight is 236 g/mol. The van der Waals surface area contributed by atoms with Crippen molar-refractivity contribution in [3.63, 3.8) is 0 Å². The fourth-order valence-electron chi connectivity index (χ4n) is 2.24. The zero-order valence-electron chi connectivity index (χ0n) is 10.7. The number of rotatable bonds is 3. The van der Waals surface area contributed by atoms with Crippen LogP contribution in [-0.4, -0.2) is 46.9 Å². The summed E-state index contributed by atoms with van der Waals surface area (Å²) in [7, 11) is 6.04. The van der Waals surface area contributed by atoms with E-state index >= 15 is 0 Å². The van der Waals surface area contributed by atoms with E-state index in [1.807, 2.05) is 25.7 Å². The molecule has 0 fully saturated rings. The maximum atomic E-state index is 11.8. The first-order chi connectivity index (χ1) is 7.99. The molecule has 0 aromatic carbocycles. The lowest BCUT2D eigenvalue weighted by Gasteiger charge is -2.17. The molecule has 0 amide bonds. The Hall–Kier alpha value is -1.20. The van der Waals surface area contributed by atoms with Crippen LogP contribution >= 0.6 is 0 Å². The summed E-state index contributed by atoms with van der Waals surface area (Å²) in [5.41, 5.74) is 7.51. The molecular weight excluding hydrogens is 216 g/mol. The van der Waals surface area contributed by atoms with Crippen LogP contribution < -0.4 is 5.73 Å². The van der Waals surface area contributed by atoms with E-state index in [9.17, 15) is 4.79 Å². The molecule has 1 atom stereocenters. The first-order valence-electron chi connectivity index (χ1n) is 5.97. The second-order valence-electron chi connectivity index (χ2n) is 5.03. The lowest BCUT2D eigenvalue weighted by atomic mass is 9.95. The molecule has 1 aromatic heterocycles. The van der Waals surface area contributed by atoms with Crippen molar-refractivity contribution in [3.8, 4) is 0 Å². The number of fused-ring (bicyclic) bond motifs is 1. The maximum Gasteiger partial charge on any atom is 0.184 e. The molecule has 1 unspecified atom stereocenters. The van der Waals surface area contributed by atoms with E-state index in [0.717, 1.165) is 30.9 Å². The quantitative estimate of drug-likeness (QED) is 0.801. The highest BCUT2D eigenvalue weighted by atomic mass is 16.1. The number of likely N-dealkylation sites (N-methyl/N-ethyl adjacent to an activating group) is 1. The van der Waals surface area contributed by atoms with E-state index < -0.39 is 0 Å². The number of carbonyl (C=O) groups excluding carboxylic acids is 1. The first-order valence-corrected chi connectivity index (χ1v) is 5.97. The normalized spacial score (nSPS) is 19.8. The minimum absolute atomic E-state index is 0.0490. The second kappa shape index (κ2) is 4.58. The van der Waals surface area contributed by atoms with Crippen LogP contribution in [0.4, 0.5) is 0 Å². The Labute approximate surface area is 102 Å². The number of aromatic nitrogens is 2. The maximum absolute atomic E-state index is 11.8. The standard InChI is InChI=1S/C12H20N4O/c1-15(2)5-4-11-14-12-9(16(11)3)6-8(13)7-10(12)17/h8H,4-7,13H2,1-3H3. The third-order valence-corrected chi connectivity index (χ3v) is 3.26. The Balaban J connectivity index is 2.26. The van der Waals surface area contributed by atoms with Crippen molar-refractivity contribution in [2.45, 2.75) is 25.3 Å². The van der Waals surface area contributed by atoms with Crippen LogP contribution in [0.1, 0.15) is 28.4 Å². The highest BCUT2D eigenvalue weighted by Crippen LogP contribution is 2.21. The van der Waals surface area contributed by atoms with Crippen molar-refractivity contribution in [2.75, 3.05) is 20.6 Å². The van der Waals surface area contributed by atoms with Gasteiger partial charge in [0.05, 0.1) is 0 Å². The summed E-state index contributed by atoms with van der Waals surface area (Å²) in [6, 6.07) is -0.0490. The number of hydrogen-bond acceptors (Lipinski definition) is 4. The molecule has 1 heterocycles. The van der Waals surface area contributed by atoms with Gasteiger partial charge in [0.15, 0.2) is 5.78 Å². The largest absolute Gasteiger partial charge is 0.334 e. The molecule has 2 N–H and O–H groups in total.